The van der Waals surface area contributed by atoms with Gasteiger partial charge in [-0.15, -0.1) is 22.7 Å². The Bertz CT molecular complexity index is 492. The molecule has 2 aromatic heterocycles. The van der Waals surface area contributed by atoms with Crippen LogP contribution in [0, 0.1) is 6.92 Å². The molecule has 2 nitrogen and oxygen atoms in total. The van der Waals surface area contributed by atoms with Crippen molar-refractivity contribution in [2.45, 2.75) is 46.2 Å². The summed E-state index contributed by atoms with van der Waals surface area (Å²) >= 11 is 3.63. The van der Waals surface area contributed by atoms with Crippen LogP contribution in [0.15, 0.2) is 17.5 Å². The number of nitrogens with one attached hydrogen (secondary N) is 1. The monoisotopic (exact) mass is 280 g/mol. The van der Waals surface area contributed by atoms with Crippen molar-refractivity contribution in [3.63, 3.8) is 0 Å². The molecule has 0 aromatic carbocycles. The number of nitrogens with zero attached hydrogens (tertiary/aromatic N) is 1. The minimum atomic E-state index is 0.157. The maximum Gasteiger partial charge on any atom is 0.0983 e. The van der Waals surface area contributed by atoms with Crippen LogP contribution in [-0.4, -0.2) is 10.5 Å². The fraction of sp³-hybridized carbons (Fsp3) is 0.500. The second kappa shape index (κ2) is 5.51. The fourth-order valence-electron chi connectivity index (χ4n) is 1.64. The molecule has 0 spiro atoms. The Morgan fingerprint density at radius 1 is 1.33 bits per heavy atom. The van der Waals surface area contributed by atoms with Crippen molar-refractivity contribution in [2.24, 2.45) is 0 Å². The molecular formula is C14H20N2S2. The smallest absolute Gasteiger partial charge is 0.0983 e. The molecule has 2 rings (SSSR count). The SMILES string of the molecule is Cc1nc(Cc2cccs2)sc1CNC(C)(C)C. The first-order valence-corrected chi connectivity index (χ1v) is 7.86. The Morgan fingerprint density at radius 3 is 2.72 bits per heavy atom. The van der Waals surface area contributed by atoms with Crippen molar-refractivity contribution in [1.29, 1.82) is 0 Å². The molecule has 0 fully saturated rings. The molecule has 0 saturated carbocycles. The summed E-state index contributed by atoms with van der Waals surface area (Å²) < 4.78 is 0. The minimum absolute atomic E-state index is 0.157. The maximum absolute atomic E-state index is 4.67. The van der Waals surface area contributed by atoms with Crippen LogP contribution in [0.1, 0.15) is 41.2 Å². The van der Waals surface area contributed by atoms with Gasteiger partial charge in [0.25, 0.3) is 0 Å². The summed E-state index contributed by atoms with van der Waals surface area (Å²) in [5, 5.41) is 6.87. The lowest BCUT2D eigenvalue weighted by molar-refractivity contribution is 0.425. The van der Waals surface area contributed by atoms with Gasteiger partial charge in [0.15, 0.2) is 0 Å². The van der Waals surface area contributed by atoms with Gasteiger partial charge in [-0.2, -0.15) is 0 Å². The Hall–Kier alpha value is -0.710. The summed E-state index contributed by atoms with van der Waals surface area (Å²) in [7, 11) is 0. The molecule has 2 heterocycles. The molecule has 0 aliphatic rings. The molecule has 2 aromatic rings. The molecule has 0 unspecified atom stereocenters. The number of hydrogen-bond acceptors (Lipinski definition) is 4. The van der Waals surface area contributed by atoms with Gasteiger partial charge >= 0.3 is 0 Å². The van der Waals surface area contributed by atoms with E-state index in [1.54, 1.807) is 11.3 Å². The van der Waals surface area contributed by atoms with E-state index in [1.165, 1.54) is 20.5 Å². The summed E-state index contributed by atoms with van der Waals surface area (Å²) in [6.45, 7) is 9.59. The van der Waals surface area contributed by atoms with E-state index in [-0.39, 0.29) is 5.54 Å². The van der Waals surface area contributed by atoms with Crippen molar-refractivity contribution in [1.82, 2.24) is 10.3 Å². The van der Waals surface area contributed by atoms with Crippen LogP contribution < -0.4 is 5.32 Å². The van der Waals surface area contributed by atoms with Crippen LogP contribution in [0.5, 0.6) is 0 Å². The number of thiazole rings is 1. The van der Waals surface area contributed by atoms with E-state index in [0.717, 1.165) is 13.0 Å². The van der Waals surface area contributed by atoms with Gasteiger partial charge in [-0.3, -0.25) is 0 Å². The normalized spacial score (nSPS) is 12.0. The van der Waals surface area contributed by atoms with Gasteiger partial charge in [-0.25, -0.2) is 4.98 Å². The van der Waals surface area contributed by atoms with Crippen LogP contribution in [0.2, 0.25) is 0 Å². The zero-order chi connectivity index (χ0) is 13.2. The third-order valence-electron chi connectivity index (χ3n) is 2.62. The first kappa shape index (κ1) is 13.7. The van der Waals surface area contributed by atoms with Gasteiger partial charge < -0.3 is 5.32 Å². The van der Waals surface area contributed by atoms with Crippen molar-refractivity contribution in [2.75, 3.05) is 0 Å². The van der Waals surface area contributed by atoms with Crippen molar-refractivity contribution >= 4 is 22.7 Å². The molecule has 0 atom stereocenters. The highest BCUT2D eigenvalue weighted by Gasteiger charge is 2.13. The highest BCUT2D eigenvalue weighted by molar-refractivity contribution is 7.12. The molecule has 18 heavy (non-hydrogen) atoms. The number of rotatable bonds is 4. The van der Waals surface area contributed by atoms with Crippen molar-refractivity contribution in [3.8, 4) is 0 Å². The predicted molar refractivity (Wildman–Crippen MR) is 80.6 cm³/mol. The van der Waals surface area contributed by atoms with E-state index in [9.17, 15) is 0 Å². The molecule has 0 radical (unpaired) electrons. The largest absolute Gasteiger partial charge is 0.307 e. The first-order chi connectivity index (χ1) is 8.44. The third-order valence-corrected chi connectivity index (χ3v) is 4.66. The van der Waals surface area contributed by atoms with Gasteiger partial charge in [0.2, 0.25) is 0 Å². The van der Waals surface area contributed by atoms with E-state index < -0.39 is 0 Å². The highest BCUT2D eigenvalue weighted by Crippen LogP contribution is 2.23. The third kappa shape index (κ3) is 3.90. The summed E-state index contributed by atoms with van der Waals surface area (Å²) in [5.74, 6) is 0. The van der Waals surface area contributed by atoms with Gasteiger partial charge in [0.1, 0.15) is 0 Å². The molecule has 0 aliphatic carbocycles. The number of thiophene rings is 1. The van der Waals surface area contributed by atoms with E-state index in [0.29, 0.717) is 0 Å². The minimum Gasteiger partial charge on any atom is -0.307 e. The van der Waals surface area contributed by atoms with Crippen molar-refractivity contribution in [3.05, 3.63) is 38.0 Å². The second-order valence-corrected chi connectivity index (χ2v) is 7.68. The van der Waals surface area contributed by atoms with Crippen LogP contribution >= 0.6 is 22.7 Å². The summed E-state index contributed by atoms with van der Waals surface area (Å²) in [4.78, 5) is 7.42. The number of aryl methyl sites for hydroxylation is 1. The summed E-state index contributed by atoms with van der Waals surface area (Å²) in [6, 6.07) is 4.27. The topological polar surface area (TPSA) is 24.9 Å². The van der Waals surface area contributed by atoms with Crippen LogP contribution in [-0.2, 0) is 13.0 Å². The highest BCUT2D eigenvalue weighted by atomic mass is 32.1. The van der Waals surface area contributed by atoms with Gasteiger partial charge in [0.05, 0.1) is 10.7 Å². The summed E-state index contributed by atoms with van der Waals surface area (Å²) in [5.41, 5.74) is 1.33. The average Bonchev–Trinajstić information content (AvgIpc) is 2.85. The Kier molecular flexibility index (Phi) is 4.20. The quantitative estimate of drug-likeness (QED) is 0.916. The average molecular weight is 280 g/mol. The molecule has 0 amide bonds. The molecule has 98 valence electrons. The van der Waals surface area contributed by atoms with Gasteiger partial charge in [-0.1, -0.05) is 6.07 Å². The summed E-state index contributed by atoms with van der Waals surface area (Å²) in [6.07, 6.45) is 0.971. The van der Waals surface area contributed by atoms with E-state index in [2.05, 4.69) is 55.5 Å². The molecule has 0 aliphatic heterocycles. The van der Waals surface area contributed by atoms with E-state index in [4.69, 9.17) is 0 Å². The molecule has 4 heteroatoms. The van der Waals surface area contributed by atoms with Gasteiger partial charge in [0, 0.05) is 28.3 Å². The molecule has 1 N–H and O–H groups in total. The standard InChI is InChI=1S/C14H20N2S2/c1-10-12(9-15-14(2,3)4)18-13(16-10)8-11-6-5-7-17-11/h5-7,15H,8-9H2,1-4H3. The van der Waals surface area contributed by atoms with Gasteiger partial charge in [-0.05, 0) is 39.1 Å². The zero-order valence-corrected chi connectivity index (χ0v) is 13.0. The Balaban J connectivity index is 2.03. The Morgan fingerprint density at radius 2 is 2.11 bits per heavy atom. The van der Waals surface area contributed by atoms with Crippen LogP contribution in [0.25, 0.3) is 0 Å². The predicted octanol–water partition coefficient (Wildman–Crippen LogP) is 3.99. The fourth-order valence-corrected chi connectivity index (χ4v) is 3.47. The lowest BCUT2D eigenvalue weighted by Gasteiger charge is -2.19. The zero-order valence-electron chi connectivity index (χ0n) is 11.4. The van der Waals surface area contributed by atoms with Crippen LogP contribution in [0.3, 0.4) is 0 Å². The number of hydrogen-bond donors (Lipinski definition) is 1. The van der Waals surface area contributed by atoms with Crippen molar-refractivity contribution < 1.29 is 0 Å². The molecular weight excluding hydrogens is 260 g/mol. The first-order valence-electron chi connectivity index (χ1n) is 6.16. The molecule has 0 bridgehead atoms. The maximum atomic E-state index is 4.67. The van der Waals surface area contributed by atoms with Crippen LogP contribution in [0.4, 0.5) is 0 Å². The lowest BCUT2D eigenvalue weighted by Crippen LogP contribution is -2.34. The Labute approximate surface area is 117 Å². The van der Waals surface area contributed by atoms with E-state index >= 15 is 0 Å². The number of aromatic nitrogens is 1. The van der Waals surface area contributed by atoms with E-state index in [1.807, 2.05) is 11.3 Å². The molecule has 0 saturated heterocycles. The lowest BCUT2D eigenvalue weighted by atomic mass is 10.1. The second-order valence-electron chi connectivity index (χ2n) is 5.48.